The van der Waals surface area contributed by atoms with Crippen molar-refractivity contribution in [3.63, 3.8) is 0 Å². The highest BCUT2D eigenvalue weighted by Crippen LogP contribution is 2.43. The van der Waals surface area contributed by atoms with Crippen molar-refractivity contribution < 1.29 is 24.1 Å². The normalized spacial score (nSPS) is 13.1. The van der Waals surface area contributed by atoms with Crippen LogP contribution in [0.15, 0.2) is 48.9 Å². The highest BCUT2D eigenvalue weighted by molar-refractivity contribution is 5.78. The summed E-state index contributed by atoms with van der Waals surface area (Å²) < 4.78 is 16.0. The van der Waals surface area contributed by atoms with Crippen molar-refractivity contribution in [1.82, 2.24) is 15.3 Å². The number of nitrogens with one attached hydrogen (secondary N) is 2. The third kappa shape index (κ3) is 4.32. The minimum Gasteiger partial charge on any atom is -0.508 e. The van der Waals surface area contributed by atoms with E-state index in [1.54, 1.807) is 25.7 Å². The first-order chi connectivity index (χ1) is 14.6. The maximum Gasteiger partial charge on any atom is 0.231 e. The SMILES string of the molecule is COc1ccc(C(CC(=O)NCCc2cnc[nH]2)c2cc3c(cc2O)OCO3)cc1. The molecule has 8 heteroatoms. The highest BCUT2D eigenvalue weighted by Gasteiger charge is 2.25. The van der Waals surface area contributed by atoms with Gasteiger partial charge in [0.15, 0.2) is 11.5 Å². The Kier molecular flexibility index (Phi) is 5.74. The van der Waals surface area contributed by atoms with E-state index in [-0.39, 0.29) is 30.8 Å². The van der Waals surface area contributed by atoms with E-state index in [1.165, 1.54) is 6.07 Å². The summed E-state index contributed by atoms with van der Waals surface area (Å²) in [5, 5.41) is 13.6. The summed E-state index contributed by atoms with van der Waals surface area (Å²) in [5.41, 5.74) is 2.44. The lowest BCUT2D eigenvalue weighted by Crippen LogP contribution is -2.27. The Hall–Kier alpha value is -3.68. The maximum atomic E-state index is 12.7. The molecule has 30 heavy (non-hydrogen) atoms. The van der Waals surface area contributed by atoms with Crippen LogP contribution < -0.4 is 19.5 Å². The van der Waals surface area contributed by atoms with Gasteiger partial charge in [0.25, 0.3) is 0 Å². The molecule has 1 aromatic heterocycles. The molecule has 1 amide bonds. The number of nitrogens with zero attached hydrogens (tertiary/aromatic N) is 1. The number of aromatic hydroxyl groups is 1. The Labute approximate surface area is 173 Å². The molecule has 8 nitrogen and oxygen atoms in total. The van der Waals surface area contributed by atoms with Gasteiger partial charge in [-0.05, 0) is 23.8 Å². The third-order valence-corrected chi connectivity index (χ3v) is 5.08. The number of carbonyl (C=O) groups is 1. The number of fused-ring (bicyclic) bond motifs is 1. The van der Waals surface area contributed by atoms with Gasteiger partial charge in [-0.3, -0.25) is 4.79 Å². The molecule has 3 N–H and O–H groups in total. The molecule has 0 fully saturated rings. The predicted octanol–water partition coefficient (Wildman–Crippen LogP) is 2.73. The van der Waals surface area contributed by atoms with Crippen molar-refractivity contribution in [2.45, 2.75) is 18.8 Å². The second-order valence-electron chi connectivity index (χ2n) is 6.97. The number of hydrogen-bond donors (Lipinski definition) is 3. The van der Waals surface area contributed by atoms with Crippen LogP contribution in [0.5, 0.6) is 23.0 Å². The Morgan fingerprint density at radius 2 is 2.03 bits per heavy atom. The second kappa shape index (κ2) is 8.77. The smallest absolute Gasteiger partial charge is 0.231 e. The summed E-state index contributed by atoms with van der Waals surface area (Å²) in [6.07, 6.45) is 4.17. The number of methoxy groups -OCH3 is 1. The summed E-state index contributed by atoms with van der Waals surface area (Å²) in [4.78, 5) is 19.7. The molecule has 3 aromatic rings. The number of phenolic OH excluding ortho intramolecular Hbond substituents is 1. The monoisotopic (exact) mass is 409 g/mol. The van der Waals surface area contributed by atoms with Gasteiger partial charge in [0.2, 0.25) is 12.7 Å². The van der Waals surface area contributed by atoms with Gasteiger partial charge >= 0.3 is 0 Å². The van der Waals surface area contributed by atoms with Gasteiger partial charge in [0.05, 0.1) is 13.4 Å². The fourth-order valence-electron chi connectivity index (χ4n) is 3.49. The van der Waals surface area contributed by atoms with Crippen LogP contribution in [-0.4, -0.2) is 41.4 Å². The number of H-pyrrole nitrogens is 1. The molecule has 1 aliphatic heterocycles. The molecule has 1 unspecified atom stereocenters. The van der Waals surface area contributed by atoms with Gasteiger partial charge in [-0.15, -0.1) is 0 Å². The molecular formula is C22H23N3O5. The molecule has 0 aliphatic carbocycles. The van der Waals surface area contributed by atoms with Gasteiger partial charge in [-0.2, -0.15) is 0 Å². The van der Waals surface area contributed by atoms with Crippen molar-refractivity contribution >= 4 is 5.91 Å². The quantitative estimate of drug-likeness (QED) is 0.528. The molecule has 2 heterocycles. The average molecular weight is 409 g/mol. The lowest BCUT2D eigenvalue weighted by atomic mass is 9.87. The average Bonchev–Trinajstić information content (AvgIpc) is 3.43. The molecular weight excluding hydrogens is 386 g/mol. The fraction of sp³-hybridized carbons (Fsp3) is 0.273. The van der Waals surface area contributed by atoms with Crippen LogP contribution in [-0.2, 0) is 11.2 Å². The van der Waals surface area contributed by atoms with E-state index in [0.717, 1.165) is 17.0 Å². The molecule has 1 atom stereocenters. The number of imidazole rings is 1. The number of phenols is 1. The van der Waals surface area contributed by atoms with E-state index in [2.05, 4.69) is 15.3 Å². The molecule has 156 valence electrons. The molecule has 2 aromatic carbocycles. The zero-order valence-corrected chi connectivity index (χ0v) is 16.6. The van der Waals surface area contributed by atoms with Gasteiger partial charge in [0, 0.05) is 48.8 Å². The Morgan fingerprint density at radius 3 is 2.73 bits per heavy atom. The Bertz CT molecular complexity index is 1000. The number of aromatic amines is 1. The van der Waals surface area contributed by atoms with Crippen LogP contribution in [0, 0.1) is 0 Å². The van der Waals surface area contributed by atoms with Crippen LogP contribution in [0.4, 0.5) is 0 Å². The standard InChI is InChI=1S/C22H23N3O5/c1-28-16-4-2-14(3-5-16)17(9-22(27)24-7-6-15-11-23-12-25-15)18-8-20-21(10-19(18)26)30-13-29-20/h2-5,8,10-12,17,26H,6-7,9,13H2,1H3,(H,23,25)(H,24,27). The number of ether oxygens (including phenoxy) is 3. The van der Waals surface area contributed by atoms with Crippen molar-refractivity contribution in [2.75, 3.05) is 20.4 Å². The minimum atomic E-state index is -0.363. The second-order valence-corrected chi connectivity index (χ2v) is 6.97. The number of amides is 1. The van der Waals surface area contributed by atoms with Crippen LogP contribution >= 0.6 is 0 Å². The van der Waals surface area contributed by atoms with Crippen LogP contribution in [0.3, 0.4) is 0 Å². The highest BCUT2D eigenvalue weighted by atomic mass is 16.7. The zero-order chi connectivity index (χ0) is 20.9. The summed E-state index contributed by atoms with van der Waals surface area (Å²) in [6.45, 7) is 0.600. The number of carbonyl (C=O) groups excluding carboxylic acids is 1. The largest absolute Gasteiger partial charge is 0.508 e. The first kappa shape index (κ1) is 19.6. The van der Waals surface area contributed by atoms with E-state index in [4.69, 9.17) is 14.2 Å². The number of benzene rings is 2. The first-order valence-corrected chi connectivity index (χ1v) is 9.64. The molecule has 0 bridgehead atoms. The minimum absolute atomic E-state index is 0.0605. The number of hydrogen-bond acceptors (Lipinski definition) is 6. The maximum absolute atomic E-state index is 12.7. The van der Waals surface area contributed by atoms with Crippen LogP contribution in [0.1, 0.15) is 29.2 Å². The van der Waals surface area contributed by atoms with E-state index >= 15 is 0 Å². The number of aromatic nitrogens is 2. The van der Waals surface area contributed by atoms with Crippen molar-refractivity contribution in [3.05, 3.63) is 65.7 Å². The molecule has 0 saturated heterocycles. The topological polar surface area (TPSA) is 106 Å². The Morgan fingerprint density at radius 1 is 1.27 bits per heavy atom. The van der Waals surface area contributed by atoms with E-state index < -0.39 is 0 Å². The van der Waals surface area contributed by atoms with Crippen LogP contribution in [0.25, 0.3) is 0 Å². The lowest BCUT2D eigenvalue weighted by Gasteiger charge is -2.20. The van der Waals surface area contributed by atoms with E-state index in [9.17, 15) is 9.90 Å². The van der Waals surface area contributed by atoms with E-state index in [1.807, 2.05) is 24.3 Å². The summed E-state index contributed by atoms with van der Waals surface area (Å²) >= 11 is 0. The lowest BCUT2D eigenvalue weighted by molar-refractivity contribution is -0.121. The first-order valence-electron chi connectivity index (χ1n) is 9.64. The predicted molar refractivity (Wildman–Crippen MR) is 109 cm³/mol. The molecule has 0 spiro atoms. The molecule has 4 rings (SSSR count). The zero-order valence-electron chi connectivity index (χ0n) is 16.6. The van der Waals surface area contributed by atoms with Crippen molar-refractivity contribution in [3.8, 4) is 23.0 Å². The van der Waals surface area contributed by atoms with Gasteiger partial charge in [-0.25, -0.2) is 4.98 Å². The Balaban J connectivity index is 1.55. The third-order valence-electron chi connectivity index (χ3n) is 5.08. The van der Waals surface area contributed by atoms with E-state index in [0.29, 0.717) is 30.0 Å². The molecule has 0 saturated carbocycles. The van der Waals surface area contributed by atoms with Crippen LogP contribution in [0.2, 0.25) is 0 Å². The van der Waals surface area contributed by atoms with Crippen molar-refractivity contribution in [1.29, 1.82) is 0 Å². The summed E-state index contributed by atoms with van der Waals surface area (Å²) in [5.74, 6) is 1.35. The summed E-state index contributed by atoms with van der Waals surface area (Å²) in [6, 6.07) is 10.7. The number of rotatable bonds is 8. The molecule has 1 aliphatic rings. The van der Waals surface area contributed by atoms with Crippen molar-refractivity contribution in [2.24, 2.45) is 0 Å². The summed E-state index contributed by atoms with van der Waals surface area (Å²) in [7, 11) is 1.60. The van der Waals surface area contributed by atoms with Gasteiger partial charge < -0.3 is 29.6 Å². The molecule has 0 radical (unpaired) electrons. The van der Waals surface area contributed by atoms with Gasteiger partial charge in [-0.1, -0.05) is 12.1 Å². The van der Waals surface area contributed by atoms with Gasteiger partial charge in [0.1, 0.15) is 11.5 Å². The fourth-order valence-corrected chi connectivity index (χ4v) is 3.49.